The molecule has 1 heterocycles. The topological polar surface area (TPSA) is 79.0 Å². The first kappa shape index (κ1) is 17.1. The molecule has 6 heteroatoms. The van der Waals surface area contributed by atoms with Crippen molar-refractivity contribution in [3.63, 3.8) is 0 Å². The maximum Gasteiger partial charge on any atom is 0.319 e. The molecule has 1 unspecified atom stereocenters. The van der Waals surface area contributed by atoms with E-state index in [1.54, 1.807) is 0 Å². The fourth-order valence-electron chi connectivity index (χ4n) is 3.34. The first-order chi connectivity index (χ1) is 13.2. The summed E-state index contributed by atoms with van der Waals surface area (Å²) in [5, 5.41) is 13.0. The minimum absolute atomic E-state index is 0.113. The average molecular weight is 362 g/mol. The van der Waals surface area contributed by atoms with E-state index in [1.807, 2.05) is 61.7 Å². The van der Waals surface area contributed by atoms with E-state index in [2.05, 4.69) is 20.8 Å². The van der Waals surface area contributed by atoms with Crippen molar-refractivity contribution in [2.24, 2.45) is 0 Å². The van der Waals surface area contributed by atoms with Gasteiger partial charge < -0.3 is 15.4 Å². The van der Waals surface area contributed by atoms with Crippen LogP contribution in [0.2, 0.25) is 0 Å². The highest BCUT2D eigenvalue weighted by Gasteiger charge is 2.21. The molecule has 1 aromatic heterocycles. The highest BCUT2D eigenvalue weighted by atomic mass is 16.5. The Labute approximate surface area is 158 Å². The second kappa shape index (κ2) is 7.53. The molecule has 1 atom stereocenters. The molecule has 1 aliphatic carbocycles. The summed E-state index contributed by atoms with van der Waals surface area (Å²) in [6.45, 7) is 2.02. The van der Waals surface area contributed by atoms with Crippen LogP contribution in [0.5, 0.6) is 11.5 Å². The molecule has 3 aromatic rings. The molecule has 0 saturated carbocycles. The molecule has 2 aromatic carbocycles. The first-order valence-electron chi connectivity index (χ1n) is 9.09. The van der Waals surface area contributed by atoms with Gasteiger partial charge in [0.25, 0.3) is 0 Å². The Hall–Kier alpha value is -3.28. The van der Waals surface area contributed by atoms with E-state index in [9.17, 15) is 4.79 Å². The molecule has 27 heavy (non-hydrogen) atoms. The Morgan fingerprint density at radius 2 is 2.00 bits per heavy atom. The number of ether oxygens (including phenoxy) is 1. The van der Waals surface area contributed by atoms with Crippen LogP contribution in [0.25, 0.3) is 0 Å². The summed E-state index contributed by atoms with van der Waals surface area (Å²) in [5.74, 6) is 1.45. The van der Waals surface area contributed by atoms with Crippen LogP contribution in [-0.4, -0.2) is 22.3 Å². The number of urea groups is 1. The Bertz CT molecular complexity index is 951. The Balaban J connectivity index is 1.36. The van der Waals surface area contributed by atoms with Gasteiger partial charge in [-0.2, -0.15) is 5.10 Å². The smallest absolute Gasteiger partial charge is 0.319 e. The fourth-order valence-corrected chi connectivity index (χ4v) is 3.34. The number of aromatic amines is 1. The van der Waals surface area contributed by atoms with E-state index in [1.165, 1.54) is 11.3 Å². The van der Waals surface area contributed by atoms with Gasteiger partial charge in [-0.1, -0.05) is 18.2 Å². The first-order valence-corrected chi connectivity index (χ1v) is 9.09. The van der Waals surface area contributed by atoms with Gasteiger partial charge in [-0.25, -0.2) is 4.79 Å². The van der Waals surface area contributed by atoms with Crippen LogP contribution in [-0.2, 0) is 12.8 Å². The second-order valence-electron chi connectivity index (χ2n) is 6.86. The number of aryl methyl sites for hydroxylation is 2. The molecule has 0 saturated heterocycles. The SMILES string of the molecule is Cc1cccc(Oc2cccc(NC(=O)NC3CCc4[nH]ncc4C3)c2)c1. The minimum atomic E-state index is -0.209. The lowest BCUT2D eigenvalue weighted by Crippen LogP contribution is -2.41. The number of anilines is 1. The van der Waals surface area contributed by atoms with Gasteiger partial charge in [-0.3, -0.25) is 5.10 Å². The van der Waals surface area contributed by atoms with Gasteiger partial charge in [0.15, 0.2) is 0 Å². The normalized spacial score (nSPS) is 15.7. The largest absolute Gasteiger partial charge is 0.457 e. The van der Waals surface area contributed by atoms with Crippen LogP contribution in [0.1, 0.15) is 23.2 Å². The number of fused-ring (bicyclic) bond motifs is 1. The van der Waals surface area contributed by atoms with Crippen molar-refractivity contribution >= 4 is 11.7 Å². The maximum atomic E-state index is 12.4. The zero-order valence-electron chi connectivity index (χ0n) is 15.2. The van der Waals surface area contributed by atoms with E-state index in [4.69, 9.17) is 4.74 Å². The van der Waals surface area contributed by atoms with E-state index in [0.29, 0.717) is 11.4 Å². The van der Waals surface area contributed by atoms with Crippen molar-refractivity contribution in [2.75, 3.05) is 5.32 Å². The molecule has 0 spiro atoms. The summed E-state index contributed by atoms with van der Waals surface area (Å²) in [5.41, 5.74) is 4.18. The zero-order chi connectivity index (χ0) is 18.6. The summed E-state index contributed by atoms with van der Waals surface area (Å²) in [6, 6.07) is 15.2. The standard InChI is InChI=1S/C21H22N4O2/c1-14-4-2-6-18(10-14)27-19-7-3-5-16(12-19)23-21(26)24-17-8-9-20-15(11-17)13-22-25-20/h2-7,10,12-13,17H,8-9,11H2,1H3,(H,22,25)(H2,23,24,26). The summed E-state index contributed by atoms with van der Waals surface area (Å²) in [7, 11) is 0. The molecule has 138 valence electrons. The van der Waals surface area contributed by atoms with Crippen LogP contribution < -0.4 is 15.4 Å². The summed E-state index contributed by atoms with van der Waals surface area (Å²) >= 11 is 0. The maximum absolute atomic E-state index is 12.4. The number of nitrogens with zero attached hydrogens (tertiary/aromatic N) is 1. The van der Waals surface area contributed by atoms with Crippen molar-refractivity contribution in [3.8, 4) is 11.5 Å². The third-order valence-corrected chi connectivity index (χ3v) is 4.67. The Morgan fingerprint density at radius 1 is 1.19 bits per heavy atom. The fraction of sp³-hybridized carbons (Fsp3) is 0.238. The quantitative estimate of drug-likeness (QED) is 0.651. The number of hydrogen-bond acceptors (Lipinski definition) is 3. The molecule has 1 aliphatic rings. The summed E-state index contributed by atoms with van der Waals surface area (Å²) in [4.78, 5) is 12.4. The van der Waals surface area contributed by atoms with Gasteiger partial charge in [0.1, 0.15) is 11.5 Å². The Morgan fingerprint density at radius 3 is 2.85 bits per heavy atom. The van der Waals surface area contributed by atoms with Gasteiger partial charge in [-0.05, 0) is 61.6 Å². The lowest BCUT2D eigenvalue weighted by molar-refractivity contribution is 0.247. The molecule has 3 N–H and O–H groups in total. The van der Waals surface area contributed by atoms with Crippen LogP contribution in [0.4, 0.5) is 10.5 Å². The number of carbonyl (C=O) groups excluding carboxylic acids is 1. The monoisotopic (exact) mass is 362 g/mol. The van der Waals surface area contributed by atoms with Gasteiger partial charge in [0.2, 0.25) is 0 Å². The molecule has 0 fully saturated rings. The third kappa shape index (κ3) is 4.28. The van der Waals surface area contributed by atoms with Crippen molar-refractivity contribution in [2.45, 2.75) is 32.2 Å². The summed E-state index contributed by atoms with van der Waals surface area (Å²) in [6.07, 6.45) is 4.45. The number of nitrogens with one attached hydrogen (secondary N) is 3. The van der Waals surface area contributed by atoms with Crippen LogP contribution in [0.3, 0.4) is 0 Å². The number of hydrogen-bond donors (Lipinski definition) is 3. The molecule has 0 aliphatic heterocycles. The molecular weight excluding hydrogens is 340 g/mol. The van der Waals surface area contributed by atoms with Gasteiger partial charge in [-0.15, -0.1) is 0 Å². The third-order valence-electron chi connectivity index (χ3n) is 4.67. The van der Waals surface area contributed by atoms with Crippen molar-refractivity contribution in [1.29, 1.82) is 0 Å². The van der Waals surface area contributed by atoms with Crippen LogP contribution in [0.15, 0.2) is 54.7 Å². The highest BCUT2D eigenvalue weighted by molar-refractivity contribution is 5.89. The van der Waals surface area contributed by atoms with Crippen molar-refractivity contribution in [1.82, 2.24) is 15.5 Å². The number of rotatable bonds is 4. The number of H-pyrrole nitrogens is 1. The minimum Gasteiger partial charge on any atom is -0.457 e. The second-order valence-corrected chi connectivity index (χ2v) is 6.86. The lowest BCUT2D eigenvalue weighted by atomic mass is 9.94. The van der Waals surface area contributed by atoms with E-state index in [-0.39, 0.29) is 12.1 Å². The molecule has 0 radical (unpaired) electrons. The van der Waals surface area contributed by atoms with Gasteiger partial charge >= 0.3 is 6.03 Å². The highest BCUT2D eigenvalue weighted by Crippen LogP contribution is 2.25. The van der Waals surface area contributed by atoms with Crippen LogP contribution >= 0.6 is 0 Å². The number of benzene rings is 2. The molecule has 4 rings (SSSR count). The molecule has 6 nitrogen and oxygen atoms in total. The zero-order valence-corrected chi connectivity index (χ0v) is 15.2. The molecule has 2 amide bonds. The Kier molecular flexibility index (Phi) is 4.78. The van der Waals surface area contributed by atoms with Gasteiger partial charge in [0.05, 0.1) is 6.20 Å². The van der Waals surface area contributed by atoms with Crippen LogP contribution in [0, 0.1) is 6.92 Å². The predicted octanol–water partition coefficient (Wildman–Crippen LogP) is 4.19. The van der Waals surface area contributed by atoms with Crippen molar-refractivity contribution < 1.29 is 9.53 Å². The van der Waals surface area contributed by atoms with E-state index in [0.717, 1.165) is 30.6 Å². The number of aromatic nitrogens is 2. The van der Waals surface area contributed by atoms with Gasteiger partial charge in [0, 0.05) is 23.5 Å². The lowest BCUT2D eigenvalue weighted by Gasteiger charge is -2.23. The van der Waals surface area contributed by atoms with E-state index >= 15 is 0 Å². The average Bonchev–Trinajstić information content (AvgIpc) is 3.09. The molecular formula is C21H22N4O2. The van der Waals surface area contributed by atoms with E-state index < -0.39 is 0 Å². The number of amides is 2. The number of carbonyl (C=O) groups is 1. The molecule has 0 bridgehead atoms. The summed E-state index contributed by atoms with van der Waals surface area (Å²) < 4.78 is 5.88. The van der Waals surface area contributed by atoms with Crippen molar-refractivity contribution in [3.05, 3.63) is 71.5 Å². The predicted molar refractivity (Wildman–Crippen MR) is 104 cm³/mol.